The Morgan fingerprint density at radius 3 is 2.18 bits per heavy atom. The Bertz CT molecular complexity index is 1150. The number of imide groups is 1. The molecule has 1 fully saturated rings. The van der Waals surface area contributed by atoms with E-state index < -0.39 is 0 Å². The van der Waals surface area contributed by atoms with Crippen molar-refractivity contribution in [3.8, 4) is 0 Å². The average Bonchev–Trinajstić information content (AvgIpc) is 2.99. The van der Waals surface area contributed by atoms with E-state index in [0.29, 0.717) is 36.1 Å². The number of carbonyl (C=O) groups is 3. The highest BCUT2D eigenvalue weighted by Crippen LogP contribution is 2.37. The number of aliphatic imine (C=N–C) groups is 1. The van der Waals surface area contributed by atoms with Crippen molar-refractivity contribution in [1.82, 2.24) is 4.90 Å². The van der Waals surface area contributed by atoms with Crippen molar-refractivity contribution < 1.29 is 19.5 Å². The number of aryl methyl sites for hydroxylation is 1. The molecule has 0 spiro atoms. The first-order valence-corrected chi connectivity index (χ1v) is 11.2. The van der Waals surface area contributed by atoms with E-state index in [1.165, 1.54) is 4.90 Å². The molecule has 2 aromatic rings. The minimum absolute atomic E-state index is 0.0297. The molecule has 6 heteroatoms. The van der Waals surface area contributed by atoms with Crippen molar-refractivity contribution in [2.45, 2.75) is 46.5 Å². The number of aliphatic hydroxyl groups is 1. The molecule has 0 unspecified atom stereocenters. The standard InChI is InChI=1S/C27H28N2O4/c1-17-10-12-18(13-11-17)28-21-15-27(2,3)16-23(31)24(21)22(30)9-6-14-29-25(32)19-7-4-5-8-20(19)26(29)33/h4-5,7-8,10-13,30H,6,9,14-16H2,1-3H3. The quantitative estimate of drug-likeness (QED) is 0.383. The van der Waals surface area contributed by atoms with Crippen molar-refractivity contribution in [1.29, 1.82) is 0 Å². The van der Waals surface area contributed by atoms with E-state index >= 15 is 0 Å². The summed E-state index contributed by atoms with van der Waals surface area (Å²) in [4.78, 5) is 44.0. The Hall–Kier alpha value is -3.54. The van der Waals surface area contributed by atoms with Gasteiger partial charge in [-0.25, -0.2) is 0 Å². The monoisotopic (exact) mass is 444 g/mol. The van der Waals surface area contributed by atoms with Crippen LogP contribution in [0.5, 0.6) is 0 Å². The van der Waals surface area contributed by atoms with Gasteiger partial charge in [-0.1, -0.05) is 43.7 Å². The fourth-order valence-corrected chi connectivity index (χ4v) is 4.46. The third-order valence-electron chi connectivity index (χ3n) is 6.11. The highest BCUT2D eigenvalue weighted by atomic mass is 16.3. The Balaban J connectivity index is 1.53. The lowest BCUT2D eigenvalue weighted by Crippen LogP contribution is -2.33. The Labute approximate surface area is 193 Å². The molecular weight excluding hydrogens is 416 g/mol. The predicted molar refractivity (Wildman–Crippen MR) is 127 cm³/mol. The first-order valence-electron chi connectivity index (χ1n) is 11.2. The highest BCUT2D eigenvalue weighted by molar-refractivity contribution is 6.25. The summed E-state index contributed by atoms with van der Waals surface area (Å²) in [5.41, 5.74) is 3.27. The molecular formula is C27H28N2O4. The van der Waals surface area contributed by atoms with Crippen LogP contribution in [0.1, 0.15) is 65.8 Å². The van der Waals surface area contributed by atoms with Crippen molar-refractivity contribution in [3.05, 3.63) is 76.6 Å². The average molecular weight is 445 g/mol. The van der Waals surface area contributed by atoms with E-state index in [0.717, 1.165) is 11.3 Å². The van der Waals surface area contributed by atoms with Crippen LogP contribution in [0, 0.1) is 12.3 Å². The minimum Gasteiger partial charge on any atom is -0.511 e. The van der Waals surface area contributed by atoms with Gasteiger partial charge in [0.15, 0.2) is 5.78 Å². The number of rotatable bonds is 5. The van der Waals surface area contributed by atoms with Crippen molar-refractivity contribution in [2.24, 2.45) is 10.4 Å². The van der Waals surface area contributed by atoms with Gasteiger partial charge in [0.2, 0.25) is 0 Å². The molecule has 0 atom stereocenters. The molecule has 4 rings (SSSR count). The number of nitrogens with zero attached hydrogens (tertiary/aromatic N) is 2. The summed E-state index contributed by atoms with van der Waals surface area (Å²) in [5, 5.41) is 10.9. The smallest absolute Gasteiger partial charge is 0.261 e. The number of hydrogen-bond acceptors (Lipinski definition) is 5. The van der Waals surface area contributed by atoms with Gasteiger partial charge in [-0.05, 0) is 49.4 Å². The van der Waals surface area contributed by atoms with Crippen LogP contribution in [0.3, 0.4) is 0 Å². The molecule has 0 bridgehead atoms. The van der Waals surface area contributed by atoms with E-state index in [9.17, 15) is 19.5 Å². The Morgan fingerprint density at radius 2 is 1.58 bits per heavy atom. The number of benzene rings is 2. The molecule has 0 radical (unpaired) electrons. The summed E-state index contributed by atoms with van der Waals surface area (Å²) >= 11 is 0. The molecule has 2 aromatic carbocycles. The molecule has 0 saturated heterocycles. The van der Waals surface area contributed by atoms with Gasteiger partial charge >= 0.3 is 0 Å². The molecule has 1 heterocycles. The van der Waals surface area contributed by atoms with Gasteiger partial charge in [0.05, 0.1) is 28.1 Å². The van der Waals surface area contributed by atoms with Crippen molar-refractivity contribution >= 4 is 29.0 Å². The summed E-state index contributed by atoms with van der Waals surface area (Å²) in [6, 6.07) is 14.5. The van der Waals surface area contributed by atoms with Crippen LogP contribution >= 0.6 is 0 Å². The maximum atomic E-state index is 13.0. The molecule has 2 aliphatic rings. The molecule has 170 valence electrons. The third kappa shape index (κ3) is 4.65. The van der Waals surface area contributed by atoms with Crippen LogP contribution in [0.15, 0.2) is 64.9 Å². The van der Waals surface area contributed by atoms with Gasteiger partial charge in [-0.3, -0.25) is 24.3 Å². The first-order chi connectivity index (χ1) is 15.7. The molecule has 1 aliphatic heterocycles. The molecule has 1 saturated carbocycles. The van der Waals surface area contributed by atoms with E-state index in [-0.39, 0.29) is 47.3 Å². The van der Waals surface area contributed by atoms with E-state index in [1.807, 2.05) is 45.0 Å². The van der Waals surface area contributed by atoms with Crippen LogP contribution in [0.2, 0.25) is 0 Å². The Morgan fingerprint density at radius 1 is 0.970 bits per heavy atom. The zero-order chi connectivity index (χ0) is 23.8. The summed E-state index contributed by atoms with van der Waals surface area (Å²) in [6.07, 6.45) is 1.44. The normalized spacial score (nSPS) is 20.4. The van der Waals surface area contributed by atoms with Gasteiger partial charge in [0.25, 0.3) is 11.8 Å². The van der Waals surface area contributed by atoms with Gasteiger partial charge in [-0.2, -0.15) is 0 Å². The van der Waals surface area contributed by atoms with Crippen LogP contribution in [-0.4, -0.2) is 39.9 Å². The molecule has 0 aromatic heterocycles. The van der Waals surface area contributed by atoms with Crippen LogP contribution in [0.25, 0.3) is 0 Å². The molecule has 33 heavy (non-hydrogen) atoms. The number of allylic oxidation sites excluding steroid dienone is 2. The fraction of sp³-hybridized carbons (Fsp3) is 0.333. The number of hydrogen-bond donors (Lipinski definition) is 1. The predicted octanol–water partition coefficient (Wildman–Crippen LogP) is 5.35. The zero-order valence-corrected chi connectivity index (χ0v) is 19.2. The van der Waals surface area contributed by atoms with Gasteiger partial charge < -0.3 is 5.11 Å². The summed E-state index contributed by atoms with van der Waals surface area (Å²) < 4.78 is 0. The topological polar surface area (TPSA) is 87.0 Å². The second-order valence-electron chi connectivity index (χ2n) is 9.57. The second-order valence-corrected chi connectivity index (χ2v) is 9.57. The van der Waals surface area contributed by atoms with Gasteiger partial charge in [0, 0.05) is 19.4 Å². The maximum absolute atomic E-state index is 13.0. The molecule has 2 amide bonds. The lowest BCUT2D eigenvalue weighted by molar-refractivity contribution is -0.117. The van der Waals surface area contributed by atoms with E-state index in [1.54, 1.807) is 24.3 Å². The molecule has 1 N–H and O–H groups in total. The zero-order valence-electron chi connectivity index (χ0n) is 19.2. The number of fused-ring (bicyclic) bond motifs is 1. The Kier molecular flexibility index (Phi) is 6.02. The van der Waals surface area contributed by atoms with Gasteiger partial charge in [0.1, 0.15) is 5.76 Å². The number of Topliss-reactive ketones (excluding diaryl/α,β-unsaturated/α-hetero) is 1. The lowest BCUT2D eigenvalue weighted by atomic mass is 9.73. The fourth-order valence-electron chi connectivity index (χ4n) is 4.46. The number of carbonyl (C=O) groups excluding carboxylic acids is 3. The molecule has 6 nitrogen and oxygen atoms in total. The van der Waals surface area contributed by atoms with Crippen LogP contribution < -0.4 is 0 Å². The van der Waals surface area contributed by atoms with Crippen molar-refractivity contribution in [2.75, 3.05) is 6.54 Å². The third-order valence-corrected chi connectivity index (χ3v) is 6.11. The highest BCUT2D eigenvalue weighted by Gasteiger charge is 2.37. The SMILES string of the molecule is Cc1ccc(N=C2CC(C)(C)CC(=O)C2=C(O)CCCN2C(=O)c3ccccc3C2=O)cc1. The summed E-state index contributed by atoms with van der Waals surface area (Å²) in [6.45, 7) is 6.21. The van der Waals surface area contributed by atoms with E-state index in [4.69, 9.17) is 4.99 Å². The largest absolute Gasteiger partial charge is 0.511 e. The summed E-state index contributed by atoms with van der Waals surface area (Å²) in [5.74, 6) is -0.798. The lowest BCUT2D eigenvalue weighted by Gasteiger charge is -2.31. The number of amides is 2. The molecule has 1 aliphatic carbocycles. The minimum atomic E-state index is -0.320. The van der Waals surface area contributed by atoms with E-state index in [2.05, 4.69) is 0 Å². The maximum Gasteiger partial charge on any atom is 0.261 e. The summed E-state index contributed by atoms with van der Waals surface area (Å²) in [7, 11) is 0. The van der Waals surface area contributed by atoms with Crippen LogP contribution in [-0.2, 0) is 4.79 Å². The van der Waals surface area contributed by atoms with Crippen LogP contribution in [0.4, 0.5) is 5.69 Å². The second kappa shape index (κ2) is 8.77. The number of ketones is 1. The van der Waals surface area contributed by atoms with Crippen molar-refractivity contribution in [3.63, 3.8) is 0 Å². The van der Waals surface area contributed by atoms with Gasteiger partial charge in [-0.15, -0.1) is 0 Å². The number of aliphatic hydroxyl groups excluding tert-OH is 1. The first kappa shape index (κ1) is 22.6.